The van der Waals surface area contributed by atoms with E-state index >= 15 is 0 Å². The number of aryl methyl sites for hydroxylation is 1. The van der Waals surface area contributed by atoms with Crippen LogP contribution in [-0.4, -0.2) is 20.7 Å². The lowest BCUT2D eigenvalue weighted by Gasteiger charge is -2.05. The Hall–Kier alpha value is -2.08. The van der Waals surface area contributed by atoms with E-state index in [0.717, 1.165) is 0 Å². The second-order valence-electron chi connectivity index (χ2n) is 3.61. The number of benzene rings is 1. The summed E-state index contributed by atoms with van der Waals surface area (Å²) in [5, 5.41) is 4.27. The van der Waals surface area contributed by atoms with Crippen LogP contribution in [0.2, 0.25) is 5.02 Å². The van der Waals surface area contributed by atoms with Crippen LogP contribution in [-0.2, 0) is 18.4 Å². The highest BCUT2D eigenvalue weighted by Gasteiger charge is 2.10. The van der Waals surface area contributed by atoms with Gasteiger partial charge in [-0.25, -0.2) is 9.78 Å². The van der Waals surface area contributed by atoms with Crippen molar-refractivity contribution in [1.29, 1.82) is 0 Å². The highest BCUT2D eigenvalue weighted by atomic mass is 35.5. The summed E-state index contributed by atoms with van der Waals surface area (Å²) in [6.07, 6.45) is 1.39. The molecular weight excluding hydrogens is 256 g/mol. The zero-order chi connectivity index (χ0) is 13.1. The minimum Gasteiger partial charge on any atom is -0.454 e. The van der Waals surface area contributed by atoms with Gasteiger partial charge in [0.25, 0.3) is 0 Å². The number of nitrogen functional groups attached to an aromatic ring is 1. The fraction of sp³-hybridized carbons (Fsp3) is 0.182. The topological polar surface area (TPSA) is 83.0 Å². The minimum absolute atomic E-state index is 0.0534. The Bertz CT molecular complexity index is 582. The number of anilines is 1. The summed E-state index contributed by atoms with van der Waals surface area (Å²) in [6.45, 7) is 0.0534. The minimum atomic E-state index is -0.485. The predicted octanol–water partition coefficient (Wildman–Crippen LogP) is 1.41. The number of hydrogen-bond acceptors (Lipinski definition) is 5. The van der Waals surface area contributed by atoms with Crippen molar-refractivity contribution in [3.8, 4) is 0 Å². The largest absolute Gasteiger partial charge is 0.454 e. The van der Waals surface area contributed by atoms with Crippen LogP contribution in [0.25, 0.3) is 0 Å². The molecular formula is C11H11ClN4O2. The fourth-order valence-electron chi connectivity index (χ4n) is 1.33. The van der Waals surface area contributed by atoms with Crippen LogP contribution in [0.4, 0.5) is 5.69 Å². The van der Waals surface area contributed by atoms with Crippen LogP contribution in [0, 0.1) is 0 Å². The molecule has 0 aliphatic rings. The van der Waals surface area contributed by atoms with Crippen molar-refractivity contribution in [2.75, 3.05) is 5.73 Å². The number of ether oxygens (including phenoxy) is 1. The number of carbonyl (C=O) groups excluding carboxylic acids is 1. The average Bonchev–Trinajstić information content (AvgIpc) is 2.75. The van der Waals surface area contributed by atoms with E-state index < -0.39 is 5.97 Å². The first kappa shape index (κ1) is 12.4. The summed E-state index contributed by atoms with van der Waals surface area (Å²) in [5.74, 6) is 0.0756. The number of esters is 1. The third-order valence-electron chi connectivity index (χ3n) is 2.37. The number of halogens is 1. The van der Waals surface area contributed by atoms with Gasteiger partial charge < -0.3 is 10.5 Å². The van der Waals surface area contributed by atoms with Gasteiger partial charge in [-0.3, -0.25) is 4.68 Å². The molecule has 0 spiro atoms. The monoisotopic (exact) mass is 266 g/mol. The Kier molecular flexibility index (Phi) is 3.47. The highest BCUT2D eigenvalue weighted by molar-refractivity contribution is 6.33. The van der Waals surface area contributed by atoms with Gasteiger partial charge in [0.2, 0.25) is 0 Å². The summed E-state index contributed by atoms with van der Waals surface area (Å²) < 4.78 is 6.62. The van der Waals surface area contributed by atoms with Crippen LogP contribution >= 0.6 is 11.6 Å². The van der Waals surface area contributed by atoms with E-state index in [0.29, 0.717) is 22.1 Å². The van der Waals surface area contributed by atoms with Crippen molar-refractivity contribution in [2.45, 2.75) is 6.61 Å². The molecule has 0 radical (unpaired) electrons. The molecule has 0 unspecified atom stereocenters. The van der Waals surface area contributed by atoms with Gasteiger partial charge in [0.15, 0.2) is 12.4 Å². The smallest absolute Gasteiger partial charge is 0.338 e. The number of carbonyl (C=O) groups is 1. The maximum absolute atomic E-state index is 11.7. The van der Waals surface area contributed by atoms with Crippen molar-refractivity contribution < 1.29 is 9.53 Å². The van der Waals surface area contributed by atoms with E-state index in [1.165, 1.54) is 17.1 Å². The Morgan fingerprint density at radius 2 is 2.33 bits per heavy atom. The molecule has 2 rings (SSSR count). The van der Waals surface area contributed by atoms with Gasteiger partial charge in [-0.15, -0.1) is 0 Å². The molecule has 2 aromatic rings. The molecule has 0 aliphatic carbocycles. The van der Waals surface area contributed by atoms with Crippen LogP contribution in [0.3, 0.4) is 0 Å². The van der Waals surface area contributed by atoms with Crippen LogP contribution in [0.15, 0.2) is 24.5 Å². The normalized spacial score (nSPS) is 10.3. The molecule has 2 N–H and O–H groups in total. The van der Waals surface area contributed by atoms with E-state index in [2.05, 4.69) is 10.1 Å². The van der Waals surface area contributed by atoms with Crippen molar-refractivity contribution in [2.24, 2.45) is 7.05 Å². The molecule has 1 aromatic heterocycles. The molecule has 1 aromatic carbocycles. The summed E-state index contributed by atoms with van der Waals surface area (Å²) in [6, 6.07) is 4.58. The first-order chi connectivity index (χ1) is 8.58. The summed E-state index contributed by atoms with van der Waals surface area (Å²) >= 11 is 5.77. The molecule has 0 amide bonds. The SMILES string of the molecule is Cn1ncnc1COC(=O)c1ccc(Cl)c(N)c1. The first-order valence-electron chi connectivity index (χ1n) is 5.13. The van der Waals surface area contributed by atoms with Gasteiger partial charge in [0, 0.05) is 7.05 Å². The zero-order valence-corrected chi connectivity index (χ0v) is 10.4. The first-order valence-corrected chi connectivity index (χ1v) is 5.50. The van der Waals surface area contributed by atoms with Crippen LogP contribution < -0.4 is 5.73 Å². The Labute approximate surface area is 108 Å². The number of nitrogens with zero attached hydrogens (tertiary/aromatic N) is 3. The fourth-order valence-corrected chi connectivity index (χ4v) is 1.45. The zero-order valence-electron chi connectivity index (χ0n) is 9.63. The molecule has 0 atom stereocenters. The summed E-state index contributed by atoms with van der Waals surface area (Å²) in [7, 11) is 1.72. The summed E-state index contributed by atoms with van der Waals surface area (Å²) in [5.41, 5.74) is 6.29. The van der Waals surface area contributed by atoms with Gasteiger partial charge in [-0.1, -0.05) is 11.6 Å². The van der Waals surface area contributed by atoms with E-state index in [4.69, 9.17) is 22.1 Å². The average molecular weight is 267 g/mol. The number of nitrogens with two attached hydrogens (primary N) is 1. The molecule has 0 bridgehead atoms. The van der Waals surface area contributed by atoms with Crippen molar-refractivity contribution >= 4 is 23.3 Å². The van der Waals surface area contributed by atoms with E-state index in [1.807, 2.05) is 0 Å². The van der Waals surface area contributed by atoms with Gasteiger partial charge in [0.05, 0.1) is 16.3 Å². The molecule has 18 heavy (non-hydrogen) atoms. The second-order valence-corrected chi connectivity index (χ2v) is 4.02. The van der Waals surface area contributed by atoms with Gasteiger partial charge in [-0.2, -0.15) is 5.10 Å². The van der Waals surface area contributed by atoms with E-state index in [9.17, 15) is 4.79 Å². The van der Waals surface area contributed by atoms with E-state index in [-0.39, 0.29) is 6.61 Å². The molecule has 0 saturated carbocycles. The lowest BCUT2D eigenvalue weighted by Crippen LogP contribution is -2.09. The second kappa shape index (κ2) is 5.05. The third kappa shape index (κ3) is 2.60. The lowest BCUT2D eigenvalue weighted by molar-refractivity contribution is 0.0458. The van der Waals surface area contributed by atoms with Crippen molar-refractivity contribution in [3.05, 3.63) is 40.9 Å². The van der Waals surface area contributed by atoms with Crippen molar-refractivity contribution in [3.63, 3.8) is 0 Å². The molecule has 0 aliphatic heterocycles. The quantitative estimate of drug-likeness (QED) is 0.671. The predicted molar refractivity (Wildman–Crippen MR) is 66.0 cm³/mol. The molecule has 6 nitrogen and oxygen atoms in total. The number of rotatable bonds is 3. The third-order valence-corrected chi connectivity index (χ3v) is 2.71. The molecule has 7 heteroatoms. The van der Waals surface area contributed by atoms with Crippen LogP contribution in [0.1, 0.15) is 16.2 Å². The molecule has 1 heterocycles. The Balaban J connectivity index is 2.04. The Morgan fingerprint density at radius 3 is 2.94 bits per heavy atom. The molecule has 0 saturated heterocycles. The lowest BCUT2D eigenvalue weighted by atomic mass is 10.2. The van der Waals surface area contributed by atoms with Crippen molar-refractivity contribution in [1.82, 2.24) is 14.8 Å². The van der Waals surface area contributed by atoms with Gasteiger partial charge in [-0.05, 0) is 18.2 Å². The van der Waals surface area contributed by atoms with E-state index in [1.54, 1.807) is 19.2 Å². The number of hydrogen-bond donors (Lipinski definition) is 1. The maximum atomic E-state index is 11.7. The van der Waals surface area contributed by atoms with Gasteiger partial charge >= 0.3 is 5.97 Å². The highest BCUT2D eigenvalue weighted by Crippen LogP contribution is 2.20. The maximum Gasteiger partial charge on any atom is 0.338 e. The Morgan fingerprint density at radius 1 is 1.56 bits per heavy atom. The molecule has 0 fully saturated rings. The number of aromatic nitrogens is 3. The van der Waals surface area contributed by atoms with Crippen LogP contribution in [0.5, 0.6) is 0 Å². The standard InChI is InChI=1S/C11H11ClN4O2/c1-16-10(14-6-15-16)5-18-11(17)7-2-3-8(12)9(13)4-7/h2-4,6H,5,13H2,1H3. The van der Waals surface area contributed by atoms with Gasteiger partial charge in [0.1, 0.15) is 6.33 Å². The summed E-state index contributed by atoms with van der Waals surface area (Å²) in [4.78, 5) is 15.7. The molecule has 94 valence electrons.